The van der Waals surface area contributed by atoms with Crippen LogP contribution in [0.25, 0.3) is 0 Å². The number of nitrogens with zero attached hydrogens (tertiary/aromatic N) is 1. The minimum Gasteiger partial charge on any atom is -0.395 e. The van der Waals surface area contributed by atoms with Gasteiger partial charge in [0.2, 0.25) is 0 Å². The first-order valence-corrected chi connectivity index (χ1v) is 7.65. The van der Waals surface area contributed by atoms with Crippen LogP contribution in [-0.2, 0) is 10.0 Å². The normalized spacial score (nSPS) is 13.2. The van der Waals surface area contributed by atoms with Crippen LogP contribution in [0.5, 0.6) is 0 Å². The lowest BCUT2D eigenvalue weighted by Crippen LogP contribution is -2.40. The average Bonchev–Trinajstić information content (AvgIpc) is 2.63. The van der Waals surface area contributed by atoms with Gasteiger partial charge in [0.05, 0.1) is 10.4 Å². The van der Waals surface area contributed by atoms with E-state index < -0.39 is 35.9 Å². The second-order valence-electron chi connectivity index (χ2n) is 3.24. The maximum Gasteiger partial charge on any atom is 0.402 e. The van der Waals surface area contributed by atoms with Gasteiger partial charge in [-0.05, 0) is 28.1 Å². The number of aliphatic hydroxyl groups is 1. The number of rotatable bonds is 5. The van der Waals surface area contributed by atoms with Crippen LogP contribution in [0.3, 0.4) is 0 Å². The molecule has 0 aliphatic rings. The fourth-order valence-corrected chi connectivity index (χ4v) is 4.74. The fourth-order valence-electron chi connectivity index (χ4n) is 1.16. The standard InChI is InChI=1S/C8H9BrF3NO3S2/c9-6-1-2-7(17-6)18(15,16)13(3-4-14)5-8(10,11)12/h1-2,14H,3-5H2. The van der Waals surface area contributed by atoms with Gasteiger partial charge in [-0.25, -0.2) is 8.42 Å². The summed E-state index contributed by atoms with van der Waals surface area (Å²) in [6.07, 6.45) is -4.66. The molecular formula is C8H9BrF3NO3S2. The third-order valence-electron chi connectivity index (χ3n) is 1.85. The Morgan fingerprint density at radius 2 is 2.00 bits per heavy atom. The van der Waals surface area contributed by atoms with Crippen LogP contribution in [0.4, 0.5) is 13.2 Å². The second-order valence-corrected chi connectivity index (χ2v) is 7.86. The van der Waals surface area contributed by atoms with Crippen LogP contribution in [0.15, 0.2) is 20.1 Å². The molecule has 1 aromatic heterocycles. The van der Waals surface area contributed by atoms with E-state index in [2.05, 4.69) is 15.9 Å². The first-order chi connectivity index (χ1) is 8.16. The van der Waals surface area contributed by atoms with Crippen molar-refractivity contribution in [2.24, 2.45) is 0 Å². The van der Waals surface area contributed by atoms with Crippen molar-refractivity contribution in [3.8, 4) is 0 Å². The third-order valence-corrected chi connectivity index (χ3v) is 5.78. The SMILES string of the molecule is O=S(=O)(c1ccc(Br)s1)N(CCO)CC(F)(F)F. The topological polar surface area (TPSA) is 57.6 Å². The van der Waals surface area contributed by atoms with Crippen molar-refractivity contribution in [1.29, 1.82) is 0 Å². The molecule has 0 fully saturated rings. The maximum atomic E-state index is 12.3. The lowest BCUT2D eigenvalue weighted by Gasteiger charge is -2.21. The molecule has 0 atom stereocenters. The quantitative estimate of drug-likeness (QED) is 0.866. The van der Waals surface area contributed by atoms with E-state index in [-0.39, 0.29) is 8.51 Å². The molecule has 0 aliphatic heterocycles. The average molecular weight is 368 g/mol. The summed E-state index contributed by atoms with van der Waals surface area (Å²) in [5.74, 6) is 0. The van der Waals surface area contributed by atoms with Crippen LogP contribution >= 0.6 is 27.3 Å². The van der Waals surface area contributed by atoms with E-state index in [0.717, 1.165) is 11.3 Å². The molecule has 0 saturated carbocycles. The fraction of sp³-hybridized carbons (Fsp3) is 0.500. The van der Waals surface area contributed by atoms with Crippen LogP contribution in [0, 0.1) is 0 Å². The Labute approximate surface area is 114 Å². The zero-order chi connectivity index (χ0) is 14.0. The third kappa shape index (κ3) is 4.19. The van der Waals surface area contributed by atoms with E-state index >= 15 is 0 Å². The van der Waals surface area contributed by atoms with Crippen LogP contribution in [-0.4, -0.2) is 43.7 Å². The first-order valence-electron chi connectivity index (χ1n) is 4.60. The van der Waals surface area contributed by atoms with Gasteiger partial charge in [0, 0.05) is 6.54 Å². The van der Waals surface area contributed by atoms with Gasteiger partial charge in [-0.2, -0.15) is 17.5 Å². The van der Waals surface area contributed by atoms with E-state index in [4.69, 9.17) is 5.11 Å². The molecule has 0 saturated heterocycles. The molecule has 104 valence electrons. The number of halogens is 4. The van der Waals surface area contributed by atoms with Gasteiger partial charge in [0.25, 0.3) is 10.0 Å². The Bertz CT molecular complexity index is 500. The molecule has 4 nitrogen and oxygen atoms in total. The largest absolute Gasteiger partial charge is 0.402 e. The smallest absolute Gasteiger partial charge is 0.395 e. The van der Waals surface area contributed by atoms with Gasteiger partial charge in [0.15, 0.2) is 0 Å². The maximum absolute atomic E-state index is 12.3. The molecule has 18 heavy (non-hydrogen) atoms. The molecule has 0 aliphatic carbocycles. The van der Waals surface area contributed by atoms with E-state index in [1.807, 2.05) is 0 Å². The summed E-state index contributed by atoms with van der Waals surface area (Å²) in [7, 11) is -4.23. The Morgan fingerprint density at radius 1 is 1.39 bits per heavy atom. The van der Waals surface area contributed by atoms with Crippen molar-refractivity contribution in [3.63, 3.8) is 0 Å². The molecule has 1 heterocycles. The number of hydrogen-bond acceptors (Lipinski definition) is 4. The predicted molar refractivity (Wildman–Crippen MR) is 63.9 cm³/mol. The summed E-state index contributed by atoms with van der Waals surface area (Å²) in [4.78, 5) is 0. The Morgan fingerprint density at radius 3 is 2.39 bits per heavy atom. The highest BCUT2D eigenvalue weighted by molar-refractivity contribution is 9.11. The predicted octanol–water partition coefficient (Wildman–Crippen LogP) is 2.06. The molecule has 1 rings (SSSR count). The summed E-state index contributed by atoms with van der Waals surface area (Å²) in [5.41, 5.74) is 0. The van der Waals surface area contributed by atoms with E-state index in [0.29, 0.717) is 3.79 Å². The molecule has 0 spiro atoms. The monoisotopic (exact) mass is 367 g/mol. The molecule has 1 aromatic rings. The molecular weight excluding hydrogens is 359 g/mol. The Hall–Kier alpha value is -0.160. The van der Waals surface area contributed by atoms with Crippen LogP contribution in [0.2, 0.25) is 0 Å². The molecule has 0 bridgehead atoms. The number of thiophene rings is 1. The van der Waals surface area contributed by atoms with Gasteiger partial charge >= 0.3 is 6.18 Å². The van der Waals surface area contributed by atoms with Crippen molar-refractivity contribution >= 4 is 37.3 Å². The number of alkyl halides is 3. The summed E-state index contributed by atoms with van der Waals surface area (Å²) >= 11 is 3.85. The lowest BCUT2D eigenvalue weighted by atomic mass is 10.6. The van der Waals surface area contributed by atoms with Crippen molar-refractivity contribution in [2.45, 2.75) is 10.4 Å². The Kier molecular flexibility index (Phi) is 5.18. The van der Waals surface area contributed by atoms with Gasteiger partial charge < -0.3 is 5.11 Å². The minimum absolute atomic E-state index is 0.202. The van der Waals surface area contributed by atoms with Crippen LogP contribution < -0.4 is 0 Å². The lowest BCUT2D eigenvalue weighted by molar-refractivity contribution is -0.136. The zero-order valence-corrected chi connectivity index (χ0v) is 12.0. The molecule has 0 unspecified atom stereocenters. The molecule has 0 amide bonds. The van der Waals surface area contributed by atoms with Gasteiger partial charge in [0.1, 0.15) is 10.8 Å². The molecule has 10 heteroatoms. The molecule has 0 radical (unpaired) electrons. The van der Waals surface area contributed by atoms with Crippen molar-refractivity contribution in [1.82, 2.24) is 4.31 Å². The van der Waals surface area contributed by atoms with Gasteiger partial charge in [-0.3, -0.25) is 0 Å². The van der Waals surface area contributed by atoms with E-state index in [1.54, 1.807) is 0 Å². The zero-order valence-electron chi connectivity index (χ0n) is 8.82. The highest BCUT2D eigenvalue weighted by Crippen LogP contribution is 2.29. The first kappa shape index (κ1) is 15.9. The van der Waals surface area contributed by atoms with Crippen molar-refractivity contribution in [2.75, 3.05) is 19.7 Å². The van der Waals surface area contributed by atoms with Gasteiger partial charge in [-0.15, -0.1) is 11.3 Å². The Balaban J connectivity index is 3.04. The second kappa shape index (κ2) is 5.87. The highest BCUT2D eigenvalue weighted by atomic mass is 79.9. The summed E-state index contributed by atoms with van der Waals surface area (Å²) in [6.45, 7) is -2.90. The number of sulfonamides is 1. The van der Waals surface area contributed by atoms with Crippen molar-refractivity contribution < 1.29 is 26.7 Å². The number of hydrogen-bond donors (Lipinski definition) is 1. The number of aliphatic hydroxyl groups excluding tert-OH is 1. The van der Waals surface area contributed by atoms with E-state index in [9.17, 15) is 21.6 Å². The summed E-state index contributed by atoms with van der Waals surface area (Å²) in [5, 5.41) is 8.67. The van der Waals surface area contributed by atoms with Gasteiger partial charge in [-0.1, -0.05) is 0 Å². The van der Waals surface area contributed by atoms with Crippen molar-refractivity contribution in [3.05, 3.63) is 15.9 Å². The van der Waals surface area contributed by atoms with E-state index in [1.165, 1.54) is 12.1 Å². The molecule has 1 N–H and O–H groups in total. The minimum atomic E-state index is -4.66. The molecule has 0 aromatic carbocycles. The highest BCUT2D eigenvalue weighted by Gasteiger charge is 2.37. The summed E-state index contributed by atoms with van der Waals surface area (Å²) in [6, 6.07) is 2.65. The summed E-state index contributed by atoms with van der Waals surface area (Å²) < 4.78 is 61.2. The van der Waals surface area contributed by atoms with Crippen LogP contribution in [0.1, 0.15) is 0 Å².